The fraction of sp³-hybridized carbons (Fsp3) is 0.684. The molecule has 1 atom stereocenters. The van der Waals surface area contributed by atoms with Crippen LogP contribution < -0.4 is 5.46 Å². The van der Waals surface area contributed by atoms with Gasteiger partial charge in [-0.15, -0.1) is 0 Å². The summed E-state index contributed by atoms with van der Waals surface area (Å²) >= 11 is 0. The number of halogens is 5. The number of hydrogen-bond donors (Lipinski definition) is 0. The summed E-state index contributed by atoms with van der Waals surface area (Å²) in [7, 11) is -0.775. The van der Waals surface area contributed by atoms with Crippen molar-refractivity contribution in [3.05, 3.63) is 28.8 Å². The summed E-state index contributed by atoms with van der Waals surface area (Å²) in [6.45, 7) is 11.5. The summed E-state index contributed by atoms with van der Waals surface area (Å²) in [5.74, 6) is -3.99. The molecule has 27 heavy (non-hydrogen) atoms. The Kier molecular flexibility index (Phi) is 5.07. The molecule has 0 spiro atoms. The Morgan fingerprint density at radius 3 is 1.48 bits per heavy atom. The number of alkyl halides is 5. The normalized spacial score (nSPS) is 22.0. The van der Waals surface area contributed by atoms with Crippen molar-refractivity contribution in [3.63, 3.8) is 0 Å². The van der Waals surface area contributed by atoms with Gasteiger partial charge in [-0.05, 0) is 59.5 Å². The lowest BCUT2D eigenvalue weighted by Crippen LogP contribution is -2.52. The average molecular weight is 392 g/mol. The third kappa shape index (κ3) is 3.39. The molecule has 1 aliphatic rings. The maximum absolute atomic E-state index is 14.1. The maximum atomic E-state index is 14.1. The van der Waals surface area contributed by atoms with E-state index in [0.29, 0.717) is 30.4 Å². The largest absolute Gasteiger partial charge is 0.495 e. The van der Waals surface area contributed by atoms with Crippen LogP contribution in [0.4, 0.5) is 22.0 Å². The second-order valence-electron chi connectivity index (χ2n) is 8.62. The molecule has 1 fully saturated rings. The Morgan fingerprint density at radius 2 is 1.19 bits per heavy atom. The van der Waals surface area contributed by atoms with Crippen molar-refractivity contribution in [2.24, 2.45) is 0 Å². The molecule has 2 nitrogen and oxygen atoms in total. The van der Waals surface area contributed by atoms with E-state index in [1.54, 1.807) is 13.8 Å². The Morgan fingerprint density at radius 1 is 0.815 bits per heavy atom. The minimum atomic E-state index is -5.12. The molecule has 1 aromatic carbocycles. The van der Waals surface area contributed by atoms with Gasteiger partial charge in [0, 0.05) is 6.92 Å². The minimum absolute atomic E-state index is 0.299. The topological polar surface area (TPSA) is 18.5 Å². The van der Waals surface area contributed by atoms with Crippen LogP contribution in [0, 0.1) is 13.8 Å². The first-order valence-corrected chi connectivity index (χ1v) is 8.77. The van der Waals surface area contributed by atoms with Gasteiger partial charge in [-0.1, -0.05) is 23.3 Å². The number of hydrogen-bond acceptors (Lipinski definition) is 2. The van der Waals surface area contributed by atoms with Gasteiger partial charge >= 0.3 is 13.3 Å². The van der Waals surface area contributed by atoms with Crippen LogP contribution in [-0.2, 0) is 14.7 Å². The van der Waals surface area contributed by atoms with Crippen LogP contribution in [0.3, 0.4) is 0 Å². The van der Waals surface area contributed by atoms with Crippen LogP contribution in [0.15, 0.2) is 12.1 Å². The molecule has 1 heterocycles. The van der Waals surface area contributed by atoms with Crippen LogP contribution in [0.5, 0.6) is 0 Å². The molecule has 1 aromatic rings. The Labute approximate surface area is 157 Å². The molecule has 2 rings (SSSR count). The molecule has 0 bridgehead atoms. The van der Waals surface area contributed by atoms with Gasteiger partial charge in [-0.2, -0.15) is 13.2 Å². The quantitative estimate of drug-likeness (QED) is 0.528. The standard InChI is InChI=1S/C19H26BF5O2/c1-11-9-13(17(7,18(8,21)22)19(23,24)25)10-12(2)14(11)20-26-15(3,4)16(5,6)27-20/h9-10H,1-8H3. The van der Waals surface area contributed by atoms with Crippen molar-refractivity contribution in [2.75, 3.05) is 0 Å². The molecule has 0 saturated carbocycles. The summed E-state index contributed by atoms with van der Waals surface area (Å²) < 4.78 is 80.9. The predicted molar refractivity (Wildman–Crippen MR) is 95.7 cm³/mol. The van der Waals surface area contributed by atoms with Crippen molar-refractivity contribution >= 4 is 12.6 Å². The van der Waals surface area contributed by atoms with Gasteiger partial charge in [0.05, 0.1) is 11.2 Å². The van der Waals surface area contributed by atoms with E-state index in [1.165, 1.54) is 0 Å². The number of aryl methyl sites for hydroxylation is 2. The fourth-order valence-electron chi connectivity index (χ4n) is 3.26. The molecule has 1 unspecified atom stereocenters. The van der Waals surface area contributed by atoms with E-state index < -0.39 is 41.4 Å². The first-order chi connectivity index (χ1) is 11.8. The molecule has 1 aliphatic heterocycles. The molecule has 0 aromatic heterocycles. The summed E-state index contributed by atoms with van der Waals surface area (Å²) in [6.07, 6.45) is -5.12. The van der Waals surface area contributed by atoms with E-state index in [0.717, 1.165) is 12.1 Å². The van der Waals surface area contributed by atoms with Gasteiger partial charge in [0.1, 0.15) is 0 Å². The van der Waals surface area contributed by atoms with Crippen LogP contribution in [-0.4, -0.2) is 30.4 Å². The van der Waals surface area contributed by atoms with Crippen LogP contribution in [0.1, 0.15) is 58.2 Å². The molecule has 8 heteroatoms. The minimum Gasteiger partial charge on any atom is -0.399 e. The molecule has 0 radical (unpaired) electrons. The van der Waals surface area contributed by atoms with E-state index in [9.17, 15) is 22.0 Å². The molecule has 0 N–H and O–H groups in total. The third-order valence-corrected chi connectivity index (χ3v) is 6.10. The summed E-state index contributed by atoms with van der Waals surface area (Å²) in [6, 6.07) is 2.33. The van der Waals surface area contributed by atoms with Gasteiger partial charge in [0.25, 0.3) is 5.92 Å². The lowest BCUT2D eigenvalue weighted by Gasteiger charge is -2.38. The van der Waals surface area contributed by atoms with Crippen LogP contribution in [0.25, 0.3) is 0 Å². The maximum Gasteiger partial charge on any atom is 0.495 e. The van der Waals surface area contributed by atoms with Crippen molar-refractivity contribution in [1.29, 1.82) is 0 Å². The van der Waals surface area contributed by atoms with Gasteiger partial charge in [-0.25, -0.2) is 8.78 Å². The van der Waals surface area contributed by atoms with E-state index in [4.69, 9.17) is 9.31 Å². The lowest BCUT2D eigenvalue weighted by atomic mass is 9.69. The van der Waals surface area contributed by atoms with Gasteiger partial charge < -0.3 is 9.31 Å². The van der Waals surface area contributed by atoms with E-state index in [1.807, 2.05) is 27.7 Å². The van der Waals surface area contributed by atoms with Crippen molar-refractivity contribution in [2.45, 2.75) is 84.1 Å². The Balaban J connectivity index is 2.59. The summed E-state index contributed by atoms with van der Waals surface area (Å²) in [4.78, 5) is 0. The van der Waals surface area contributed by atoms with Crippen molar-refractivity contribution in [1.82, 2.24) is 0 Å². The fourth-order valence-corrected chi connectivity index (χ4v) is 3.26. The van der Waals surface area contributed by atoms with E-state index >= 15 is 0 Å². The van der Waals surface area contributed by atoms with Crippen molar-refractivity contribution in [3.8, 4) is 0 Å². The third-order valence-electron chi connectivity index (χ3n) is 6.10. The van der Waals surface area contributed by atoms with Crippen LogP contribution >= 0.6 is 0 Å². The number of rotatable bonds is 3. The predicted octanol–water partition coefficient (Wildman–Crippen LogP) is 5.08. The molecular formula is C19H26BF5O2. The van der Waals surface area contributed by atoms with E-state index in [-0.39, 0.29) is 0 Å². The van der Waals surface area contributed by atoms with Crippen LogP contribution in [0.2, 0.25) is 0 Å². The molecular weight excluding hydrogens is 366 g/mol. The zero-order valence-corrected chi connectivity index (χ0v) is 16.9. The second-order valence-corrected chi connectivity index (χ2v) is 8.62. The monoisotopic (exact) mass is 392 g/mol. The molecule has 0 amide bonds. The highest BCUT2D eigenvalue weighted by Crippen LogP contribution is 2.51. The number of benzene rings is 1. The Bertz CT molecular complexity index is 682. The first kappa shape index (κ1) is 22.1. The molecule has 0 aliphatic carbocycles. The first-order valence-electron chi connectivity index (χ1n) is 8.77. The molecule has 1 saturated heterocycles. The average Bonchev–Trinajstić information content (AvgIpc) is 2.62. The van der Waals surface area contributed by atoms with Gasteiger partial charge in [-0.3, -0.25) is 0 Å². The highest BCUT2D eigenvalue weighted by atomic mass is 19.4. The van der Waals surface area contributed by atoms with E-state index in [2.05, 4.69) is 0 Å². The van der Waals surface area contributed by atoms with Gasteiger partial charge in [0.15, 0.2) is 5.41 Å². The summed E-state index contributed by atoms with van der Waals surface area (Å²) in [5, 5.41) is 0. The summed E-state index contributed by atoms with van der Waals surface area (Å²) in [5.41, 5.74) is -3.60. The highest BCUT2D eigenvalue weighted by Gasteiger charge is 2.65. The highest BCUT2D eigenvalue weighted by molar-refractivity contribution is 6.63. The zero-order valence-electron chi connectivity index (χ0n) is 16.9. The van der Waals surface area contributed by atoms with Crippen molar-refractivity contribution < 1.29 is 31.3 Å². The SMILES string of the molecule is Cc1cc(C(C)(C(C)(F)F)C(F)(F)F)cc(C)c1B1OC(C)(C)C(C)(C)O1. The second kappa shape index (κ2) is 6.18. The smallest absolute Gasteiger partial charge is 0.399 e. The Hall–Kier alpha value is -1.15. The molecule has 152 valence electrons. The lowest BCUT2D eigenvalue weighted by molar-refractivity contribution is -0.248. The zero-order chi connectivity index (χ0) is 21.2. The van der Waals surface area contributed by atoms with Gasteiger partial charge in [0.2, 0.25) is 0 Å².